The van der Waals surface area contributed by atoms with Crippen molar-refractivity contribution in [1.82, 2.24) is 5.32 Å². The van der Waals surface area contributed by atoms with Crippen molar-refractivity contribution in [2.24, 2.45) is 11.1 Å². The topological polar surface area (TPSA) is 155 Å². The number of aliphatic hydroxyl groups excluding tert-OH is 2. The highest BCUT2D eigenvalue weighted by Gasteiger charge is 2.61. The summed E-state index contributed by atoms with van der Waals surface area (Å²) >= 11 is 12.2. The molecule has 1 aliphatic rings. The monoisotopic (exact) mass is 641 g/mol. The largest absolute Gasteiger partial charge is 0.462 e. The van der Waals surface area contributed by atoms with Gasteiger partial charge in [0.25, 0.3) is 0 Å². The number of hydrogen-bond acceptors (Lipinski definition) is 8. The molecular formula is C30H35Cl2F2N3O6. The van der Waals surface area contributed by atoms with Gasteiger partial charge in [-0.05, 0) is 42.0 Å². The summed E-state index contributed by atoms with van der Waals surface area (Å²) < 4.78 is 42.3. The van der Waals surface area contributed by atoms with E-state index in [9.17, 15) is 20.0 Å². The van der Waals surface area contributed by atoms with Crippen LogP contribution in [0.1, 0.15) is 50.2 Å². The van der Waals surface area contributed by atoms with E-state index >= 15 is 8.78 Å². The lowest BCUT2D eigenvalue weighted by molar-refractivity contribution is -0.150. The standard InChI is InChI=1S/C30H35Cl2F2N3O6/c1-29(2,8-10-42-11-9-38)14-23-30(16-35,20-7-6-17(31)12-22(20)33)25(19-4-3-5-21(32)26(19)34)27(37-23)28(41)43-15-18(39)13-24(36)40/h3-7,12,18,23,25,27,37-39H,8-11,13-15H2,1-2H3,(H2,36,40)/t18-,23-,25-,27+,30-/m0/s1. The second-order valence-electron chi connectivity index (χ2n) is 11.3. The van der Waals surface area contributed by atoms with Crippen molar-refractivity contribution >= 4 is 35.1 Å². The Labute approximate surface area is 258 Å². The summed E-state index contributed by atoms with van der Waals surface area (Å²) in [6.07, 6.45) is -1.20. The first kappa shape index (κ1) is 34.6. The Balaban J connectivity index is 2.18. The minimum absolute atomic E-state index is 0.0723. The Hall–Kier alpha value is -2.85. The van der Waals surface area contributed by atoms with E-state index in [0.29, 0.717) is 6.42 Å². The zero-order chi connectivity index (χ0) is 31.9. The highest BCUT2D eigenvalue weighted by molar-refractivity contribution is 6.31. The van der Waals surface area contributed by atoms with Crippen LogP contribution in [0.3, 0.4) is 0 Å². The molecule has 0 saturated carbocycles. The lowest BCUT2D eigenvalue weighted by Crippen LogP contribution is -2.45. The van der Waals surface area contributed by atoms with Gasteiger partial charge in [-0.25, -0.2) is 8.78 Å². The smallest absolute Gasteiger partial charge is 0.323 e. The van der Waals surface area contributed by atoms with E-state index < -0.39 is 71.5 Å². The van der Waals surface area contributed by atoms with Gasteiger partial charge in [0.15, 0.2) is 0 Å². The van der Waals surface area contributed by atoms with Gasteiger partial charge in [0, 0.05) is 29.2 Å². The average molecular weight is 643 g/mol. The molecule has 1 saturated heterocycles. The average Bonchev–Trinajstić information content (AvgIpc) is 3.24. The predicted molar refractivity (Wildman–Crippen MR) is 155 cm³/mol. The Morgan fingerprint density at radius 2 is 1.95 bits per heavy atom. The molecule has 0 bridgehead atoms. The van der Waals surface area contributed by atoms with Gasteiger partial charge in [0.2, 0.25) is 5.91 Å². The Morgan fingerprint density at radius 3 is 2.58 bits per heavy atom. The number of hydrogen-bond donors (Lipinski definition) is 4. The molecule has 0 aromatic heterocycles. The fourth-order valence-electron chi connectivity index (χ4n) is 5.65. The number of nitriles is 1. The van der Waals surface area contributed by atoms with Gasteiger partial charge in [-0.15, -0.1) is 0 Å². The third-order valence-corrected chi connectivity index (χ3v) is 8.18. The maximum atomic E-state index is 15.8. The zero-order valence-corrected chi connectivity index (χ0v) is 25.3. The van der Waals surface area contributed by atoms with Crippen LogP contribution in [0.4, 0.5) is 8.78 Å². The number of nitrogens with one attached hydrogen (secondary N) is 1. The summed E-state index contributed by atoms with van der Waals surface area (Å²) in [6.45, 7) is 3.48. The molecule has 3 rings (SSSR count). The Bertz CT molecular complexity index is 1360. The van der Waals surface area contributed by atoms with Gasteiger partial charge in [-0.3, -0.25) is 14.9 Å². The molecule has 9 nitrogen and oxygen atoms in total. The number of esters is 1. The van der Waals surface area contributed by atoms with E-state index in [-0.39, 0.29) is 47.4 Å². The van der Waals surface area contributed by atoms with E-state index in [1.54, 1.807) is 0 Å². The van der Waals surface area contributed by atoms with Crippen LogP contribution in [0.15, 0.2) is 36.4 Å². The molecule has 234 valence electrons. The number of amides is 1. The molecule has 0 aliphatic carbocycles. The molecule has 2 aromatic rings. The van der Waals surface area contributed by atoms with Crippen LogP contribution in [0.2, 0.25) is 10.0 Å². The first-order chi connectivity index (χ1) is 20.3. The molecule has 0 radical (unpaired) electrons. The minimum atomic E-state index is -1.89. The van der Waals surface area contributed by atoms with Gasteiger partial charge in [-0.1, -0.05) is 55.2 Å². The van der Waals surface area contributed by atoms with Crippen LogP contribution >= 0.6 is 23.2 Å². The van der Waals surface area contributed by atoms with E-state index in [2.05, 4.69) is 11.4 Å². The number of halogens is 4. The van der Waals surface area contributed by atoms with Gasteiger partial charge >= 0.3 is 5.97 Å². The van der Waals surface area contributed by atoms with Crippen molar-refractivity contribution in [3.8, 4) is 6.07 Å². The van der Waals surface area contributed by atoms with E-state index in [0.717, 1.165) is 6.07 Å². The molecule has 1 aliphatic heterocycles. The molecular weight excluding hydrogens is 607 g/mol. The number of carbonyl (C=O) groups excluding carboxylic acids is 2. The van der Waals surface area contributed by atoms with Crippen molar-refractivity contribution in [1.29, 1.82) is 5.26 Å². The van der Waals surface area contributed by atoms with Crippen LogP contribution in [-0.2, 0) is 24.5 Å². The molecule has 1 heterocycles. The number of primary amides is 1. The highest BCUT2D eigenvalue weighted by Crippen LogP contribution is 2.53. The molecule has 5 N–H and O–H groups in total. The Kier molecular flexibility index (Phi) is 11.9. The highest BCUT2D eigenvalue weighted by atomic mass is 35.5. The lowest BCUT2D eigenvalue weighted by Gasteiger charge is -2.38. The maximum Gasteiger partial charge on any atom is 0.323 e. The van der Waals surface area contributed by atoms with Crippen LogP contribution in [0, 0.1) is 28.4 Å². The van der Waals surface area contributed by atoms with Gasteiger partial charge in [0.05, 0.1) is 36.8 Å². The number of benzene rings is 2. The van der Waals surface area contributed by atoms with Gasteiger partial charge < -0.3 is 25.4 Å². The fourth-order valence-corrected chi connectivity index (χ4v) is 5.99. The van der Waals surface area contributed by atoms with Crippen molar-refractivity contribution in [3.05, 3.63) is 69.2 Å². The number of nitrogens with two attached hydrogens (primary N) is 1. The zero-order valence-electron chi connectivity index (χ0n) is 23.8. The van der Waals surface area contributed by atoms with Crippen molar-refractivity contribution in [2.45, 2.75) is 62.6 Å². The molecule has 1 fully saturated rings. The first-order valence-electron chi connectivity index (χ1n) is 13.7. The third kappa shape index (κ3) is 8.01. The number of nitrogens with zero attached hydrogens (tertiary/aromatic N) is 1. The summed E-state index contributed by atoms with van der Waals surface area (Å²) in [5, 5.41) is 33.0. The van der Waals surface area contributed by atoms with Gasteiger partial charge in [-0.2, -0.15) is 5.26 Å². The summed E-state index contributed by atoms with van der Waals surface area (Å²) in [6, 6.07) is 7.79. The van der Waals surface area contributed by atoms with E-state index in [1.165, 1.54) is 30.3 Å². The minimum Gasteiger partial charge on any atom is -0.462 e. The molecule has 0 spiro atoms. The van der Waals surface area contributed by atoms with Crippen LogP contribution in [0.5, 0.6) is 0 Å². The van der Waals surface area contributed by atoms with Crippen molar-refractivity contribution < 1.29 is 38.1 Å². The third-order valence-electron chi connectivity index (χ3n) is 7.66. The molecule has 13 heteroatoms. The van der Waals surface area contributed by atoms with Crippen molar-refractivity contribution in [3.63, 3.8) is 0 Å². The summed E-state index contributed by atoms with van der Waals surface area (Å²) in [4.78, 5) is 24.8. The van der Waals surface area contributed by atoms with Gasteiger partial charge in [0.1, 0.15) is 29.7 Å². The first-order valence-corrected chi connectivity index (χ1v) is 14.4. The lowest BCUT2D eigenvalue weighted by atomic mass is 9.62. The van der Waals surface area contributed by atoms with Crippen LogP contribution in [0.25, 0.3) is 0 Å². The van der Waals surface area contributed by atoms with Crippen LogP contribution in [-0.4, -0.2) is 66.7 Å². The SMILES string of the molecule is CC(C)(CCOCCO)C[C@@H]1N[C@@H](C(=O)OC[C@@H](O)CC(N)=O)[C@H](c2cccc(Cl)c2F)[C@@]1(C#N)c1ccc(Cl)cc1F. The Morgan fingerprint density at radius 1 is 1.23 bits per heavy atom. The van der Waals surface area contributed by atoms with E-state index in [1.807, 2.05) is 13.8 Å². The normalized spacial score (nSPS) is 22.6. The molecule has 2 aromatic carbocycles. The second kappa shape index (κ2) is 14.8. The van der Waals surface area contributed by atoms with E-state index in [4.69, 9.17) is 43.5 Å². The quantitative estimate of drug-likeness (QED) is 0.180. The number of ether oxygens (including phenoxy) is 2. The molecule has 5 atom stereocenters. The summed E-state index contributed by atoms with van der Waals surface area (Å²) in [5.74, 6) is -4.86. The predicted octanol–water partition coefficient (Wildman–Crippen LogP) is 3.75. The molecule has 43 heavy (non-hydrogen) atoms. The fraction of sp³-hybridized carbons (Fsp3) is 0.500. The number of rotatable bonds is 14. The second-order valence-corrected chi connectivity index (χ2v) is 12.2. The molecule has 1 amide bonds. The van der Waals surface area contributed by atoms with Crippen molar-refractivity contribution in [2.75, 3.05) is 26.4 Å². The van der Waals surface area contributed by atoms with Crippen LogP contribution < -0.4 is 11.1 Å². The summed E-state index contributed by atoms with van der Waals surface area (Å²) in [5.41, 5.74) is 2.42. The number of aliphatic hydroxyl groups is 2. The maximum absolute atomic E-state index is 15.8. The summed E-state index contributed by atoms with van der Waals surface area (Å²) in [7, 11) is 0. The molecule has 0 unspecified atom stereocenters. The number of carbonyl (C=O) groups is 2.